The molecule has 0 atom stereocenters. The van der Waals surface area contributed by atoms with Crippen molar-refractivity contribution in [1.82, 2.24) is 4.98 Å². The van der Waals surface area contributed by atoms with Gasteiger partial charge in [0.2, 0.25) is 0 Å². The molecular weight excluding hydrogens is 462 g/mol. The molecule has 0 radical (unpaired) electrons. The van der Waals surface area contributed by atoms with Gasteiger partial charge in [-0.15, -0.1) is 0 Å². The van der Waals surface area contributed by atoms with Crippen molar-refractivity contribution in [3.8, 4) is 6.07 Å². The maximum atomic E-state index is 14.5. The molecule has 2 aromatic rings. The average Bonchev–Trinajstić information content (AvgIpc) is 2.73. The minimum Gasteiger partial charge on any atom is -0.366 e. The number of carbonyl (C=O) groups is 2. The summed E-state index contributed by atoms with van der Waals surface area (Å²) in [5, 5.41) is 8.85. The molecule has 12 heteroatoms. The topological polar surface area (TPSA) is 103 Å². The number of benzene rings is 1. The van der Waals surface area contributed by atoms with Gasteiger partial charge in [-0.25, -0.2) is 9.37 Å². The minimum absolute atomic E-state index is 0.0917. The first kappa shape index (κ1) is 24.1. The van der Waals surface area contributed by atoms with Crippen LogP contribution >= 0.6 is 12.2 Å². The van der Waals surface area contributed by atoms with Crippen LogP contribution in [0.5, 0.6) is 0 Å². The maximum Gasteiger partial charge on any atom is 0.419 e. The Morgan fingerprint density at radius 3 is 2.42 bits per heavy atom. The monoisotopic (exact) mass is 479 g/mol. The van der Waals surface area contributed by atoms with Gasteiger partial charge < -0.3 is 20.3 Å². The van der Waals surface area contributed by atoms with Crippen molar-refractivity contribution in [3.05, 3.63) is 53.1 Å². The molecule has 0 bridgehead atoms. The summed E-state index contributed by atoms with van der Waals surface area (Å²) < 4.78 is 54.6. The zero-order chi connectivity index (χ0) is 24.6. The van der Waals surface area contributed by atoms with Crippen molar-refractivity contribution >= 4 is 40.9 Å². The van der Waals surface area contributed by atoms with E-state index in [1.54, 1.807) is 0 Å². The molecule has 172 valence electrons. The average molecular weight is 479 g/mol. The predicted octanol–water partition coefficient (Wildman–Crippen LogP) is 3.56. The van der Waals surface area contributed by atoms with Gasteiger partial charge in [-0.3, -0.25) is 4.79 Å². The van der Waals surface area contributed by atoms with E-state index in [0.717, 1.165) is 24.4 Å². The molecule has 1 fully saturated rings. The molecule has 1 saturated carbocycles. The van der Waals surface area contributed by atoms with E-state index in [1.807, 2.05) is 0 Å². The summed E-state index contributed by atoms with van der Waals surface area (Å²) >= 11 is 5.51. The molecule has 0 unspecified atom stereocenters. The van der Waals surface area contributed by atoms with Crippen molar-refractivity contribution in [2.45, 2.75) is 31.0 Å². The Morgan fingerprint density at radius 1 is 1.30 bits per heavy atom. The summed E-state index contributed by atoms with van der Waals surface area (Å²) in [5.41, 5.74) is 1.63. The number of nitrogens with two attached hydrogens (primary N) is 1. The summed E-state index contributed by atoms with van der Waals surface area (Å²) in [6.45, 7) is 0. The number of aldehydes is 1. The van der Waals surface area contributed by atoms with Crippen LogP contribution in [0.2, 0.25) is 0 Å². The SMILES string of the molecule is CN(C(=S)N(c1ccc(C(N)=O)c(F)c1)C1(C=O)CCC1)c1cnc(C#N)c(C(F)(F)F)c1. The highest BCUT2D eigenvalue weighted by atomic mass is 32.1. The molecule has 0 aliphatic heterocycles. The van der Waals surface area contributed by atoms with Crippen LogP contribution in [0.4, 0.5) is 28.9 Å². The molecule has 1 aromatic carbocycles. The Kier molecular flexibility index (Phi) is 6.37. The van der Waals surface area contributed by atoms with Crippen LogP contribution in [0, 0.1) is 17.1 Å². The van der Waals surface area contributed by atoms with Crippen LogP contribution in [-0.4, -0.2) is 34.9 Å². The fourth-order valence-electron chi connectivity index (χ4n) is 3.54. The zero-order valence-electron chi connectivity index (χ0n) is 17.2. The highest BCUT2D eigenvalue weighted by molar-refractivity contribution is 7.80. The Hall–Kier alpha value is -3.59. The molecule has 0 spiro atoms. The summed E-state index contributed by atoms with van der Waals surface area (Å²) in [5.74, 6) is -1.92. The van der Waals surface area contributed by atoms with Gasteiger partial charge in [0.05, 0.1) is 23.0 Å². The third kappa shape index (κ3) is 4.36. The number of primary amides is 1. The normalized spacial score (nSPS) is 14.5. The lowest BCUT2D eigenvalue weighted by molar-refractivity contribution is -0.138. The molecule has 7 nitrogen and oxygen atoms in total. The van der Waals surface area contributed by atoms with E-state index >= 15 is 0 Å². The lowest BCUT2D eigenvalue weighted by Gasteiger charge is -2.48. The molecule has 33 heavy (non-hydrogen) atoms. The van der Waals surface area contributed by atoms with Crippen LogP contribution in [0.3, 0.4) is 0 Å². The Labute approximate surface area is 191 Å². The largest absolute Gasteiger partial charge is 0.419 e. The summed E-state index contributed by atoms with van der Waals surface area (Å²) in [7, 11) is 1.36. The Morgan fingerprint density at radius 2 is 1.97 bits per heavy atom. The van der Waals surface area contributed by atoms with Crippen LogP contribution in [0.1, 0.15) is 40.9 Å². The molecule has 3 rings (SSSR count). The van der Waals surface area contributed by atoms with Crippen molar-refractivity contribution < 1.29 is 27.2 Å². The quantitative estimate of drug-likeness (QED) is 0.397. The second kappa shape index (κ2) is 8.74. The van der Waals surface area contributed by atoms with E-state index in [2.05, 4.69) is 4.98 Å². The van der Waals surface area contributed by atoms with Crippen molar-refractivity contribution in [1.29, 1.82) is 5.26 Å². The smallest absolute Gasteiger partial charge is 0.366 e. The molecule has 1 aliphatic carbocycles. The van der Waals surface area contributed by atoms with Gasteiger partial charge >= 0.3 is 6.18 Å². The number of thiocarbonyl (C=S) groups is 1. The number of alkyl halides is 3. The van der Waals surface area contributed by atoms with E-state index in [-0.39, 0.29) is 22.1 Å². The van der Waals surface area contributed by atoms with E-state index < -0.39 is 34.7 Å². The van der Waals surface area contributed by atoms with Crippen LogP contribution in [-0.2, 0) is 11.0 Å². The maximum absolute atomic E-state index is 14.5. The highest BCUT2D eigenvalue weighted by Gasteiger charge is 2.46. The van der Waals surface area contributed by atoms with Crippen LogP contribution in [0.15, 0.2) is 30.5 Å². The number of aromatic nitrogens is 1. The molecule has 1 heterocycles. The number of amides is 1. The number of rotatable bonds is 5. The lowest BCUT2D eigenvalue weighted by Crippen LogP contribution is -2.60. The van der Waals surface area contributed by atoms with E-state index in [1.165, 1.54) is 29.0 Å². The fourth-order valence-corrected chi connectivity index (χ4v) is 3.93. The summed E-state index contributed by atoms with van der Waals surface area (Å²) in [6.07, 6.45) is -1.69. The van der Waals surface area contributed by atoms with Gasteiger partial charge in [-0.2, -0.15) is 18.4 Å². The molecule has 2 N–H and O–H groups in total. The molecule has 1 amide bonds. The fraction of sp³-hybridized carbons (Fsp3) is 0.286. The first-order valence-corrected chi connectivity index (χ1v) is 9.97. The van der Waals surface area contributed by atoms with Gasteiger partial charge in [0.15, 0.2) is 10.8 Å². The van der Waals surface area contributed by atoms with E-state index in [4.69, 9.17) is 23.2 Å². The Balaban J connectivity index is 2.08. The number of hydrogen-bond donors (Lipinski definition) is 1. The number of anilines is 2. The highest BCUT2D eigenvalue weighted by Crippen LogP contribution is 2.41. The lowest BCUT2D eigenvalue weighted by atomic mass is 9.76. The molecular formula is C21H17F4N5O2S. The van der Waals surface area contributed by atoms with Gasteiger partial charge in [0, 0.05) is 12.7 Å². The molecule has 1 aromatic heterocycles. The summed E-state index contributed by atoms with van der Waals surface area (Å²) in [6, 6.07) is 5.61. The minimum atomic E-state index is -4.83. The van der Waals surface area contributed by atoms with Crippen molar-refractivity contribution in [3.63, 3.8) is 0 Å². The second-order valence-corrected chi connectivity index (χ2v) is 7.84. The van der Waals surface area contributed by atoms with Crippen LogP contribution < -0.4 is 15.5 Å². The van der Waals surface area contributed by atoms with E-state index in [0.29, 0.717) is 25.5 Å². The standard InChI is InChI=1S/C21H17F4N5O2S/c1-29(13-7-15(21(23,24)25)17(9-26)28-10-13)19(33)30(20(11-31)5-2-6-20)12-3-4-14(18(27)32)16(22)8-12/h3-4,7-8,10-11H,2,5-6H2,1H3,(H2,27,32). The number of nitrogens with zero attached hydrogens (tertiary/aromatic N) is 4. The number of halogens is 4. The third-order valence-corrected chi connectivity index (χ3v) is 5.97. The first-order chi connectivity index (χ1) is 15.4. The van der Waals surface area contributed by atoms with Gasteiger partial charge in [0.1, 0.15) is 23.7 Å². The van der Waals surface area contributed by atoms with Gasteiger partial charge in [-0.05, 0) is 55.7 Å². The number of carbonyl (C=O) groups excluding carboxylic acids is 2. The molecule has 0 saturated heterocycles. The van der Waals surface area contributed by atoms with Crippen LogP contribution in [0.25, 0.3) is 0 Å². The predicted molar refractivity (Wildman–Crippen MR) is 115 cm³/mol. The number of pyridine rings is 1. The second-order valence-electron chi connectivity index (χ2n) is 7.48. The summed E-state index contributed by atoms with van der Waals surface area (Å²) in [4.78, 5) is 29.5. The van der Waals surface area contributed by atoms with Crippen molar-refractivity contribution in [2.24, 2.45) is 5.73 Å². The third-order valence-electron chi connectivity index (χ3n) is 5.51. The van der Waals surface area contributed by atoms with Gasteiger partial charge in [-0.1, -0.05) is 0 Å². The van der Waals surface area contributed by atoms with Crippen molar-refractivity contribution in [2.75, 3.05) is 16.8 Å². The number of nitriles is 1. The Bertz CT molecular complexity index is 1170. The molecule has 1 aliphatic rings. The number of hydrogen-bond acceptors (Lipinski definition) is 5. The van der Waals surface area contributed by atoms with Gasteiger partial charge in [0.25, 0.3) is 5.91 Å². The zero-order valence-corrected chi connectivity index (χ0v) is 18.0. The van der Waals surface area contributed by atoms with E-state index in [9.17, 15) is 27.2 Å². The first-order valence-electron chi connectivity index (χ1n) is 9.56.